The monoisotopic (exact) mass is 248 g/mol. The van der Waals surface area contributed by atoms with Crippen LogP contribution in [0.3, 0.4) is 0 Å². The molecule has 0 aliphatic carbocycles. The molecule has 1 fully saturated rings. The van der Waals surface area contributed by atoms with Crippen LogP contribution in [0.25, 0.3) is 0 Å². The van der Waals surface area contributed by atoms with E-state index in [0.29, 0.717) is 6.54 Å². The van der Waals surface area contributed by atoms with Crippen LogP contribution in [0.5, 0.6) is 0 Å². The van der Waals surface area contributed by atoms with Crippen LogP contribution in [-0.2, 0) is 5.41 Å². The normalized spacial score (nSPS) is 25.8. The number of hydrogen-bond acceptors (Lipinski definition) is 3. The smallest absolute Gasteiger partial charge is 0.315 e. The zero-order valence-corrected chi connectivity index (χ0v) is 9.75. The molecule has 2 heterocycles. The maximum atomic E-state index is 13.3. The van der Waals surface area contributed by atoms with Gasteiger partial charge >= 0.3 is 6.18 Å². The highest BCUT2D eigenvalue weighted by Gasteiger charge is 2.60. The Hall–Kier alpha value is -1.11. The summed E-state index contributed by atoms with van der Waals surface area (Å²) in [6.45, 7) is 3.87. The van der Waals surface area contributed by atoms with E-state index in [1.54, 1.807) is 0 Å². The number of rotatable bonds is 2. The Morgan fingerprint density at radius 2 is 2.18 bits per heavy atom. The van der Waals surface area contributed by atoms with Crippen molar-refractivity contribution in [2.24, 2.45) is 0 Å². The van der Waals surface area contributed by atoms with Gasteiger partial charge in [-0.1, -0.05) is 0 Å². The van der Waals surface area contributed by atoms with Crippen LogP contribution >= 0.6 is 0 Å². The topological polar surface area (TPSA) is 42.7 Å². The third kappa shape index (κ3) is 1.82. The van der Waals surface area contributed by atoms with E-state index in [1.807, 2.05) is 13.8 Å². The van der Waals surface area contributed by atoms with Gasteiger partial charge in [-0.2, -0.15) is 13.2 Å². The highest BCUT2D eigenvalue weighted by Crippen LogP contribution is 2.44. The molecular formula is C10H15F3N4. The third-order valence-corrected chi connectivity index (χ3v) is 3.26. The molecule has 1 aliphatic heterocycles. The standard InChI is InChI=1S/C10H15F3N4/c1-7(2)17-6-15-16-8(17)9(10(11,12)13)3-4-14-5-9/h6-7,14H,3-5H2,1-2H3. The minimum Gasteiger partial charge on any atom is -0.315 e. The van der Waals surface area contributed by atoms with Crippen molar-refractivity contribution in [2.75, 3.05) is 13.1 Å². The minimum atomic E-state index is -4.31. The van der Waals surface area contributed by atoms with Crippen molar-refractivity contribution < 1.29 is 13.2 Å². The number of aromatic nitrogens is 3. The second kappa shape index (κ2) is 3.97. The molecule has 1 atom stereocenters. The minimum absolute atomic E-state index is 0.0158. The van der Waals surface area contributed by atoms with Gasteiger partial charge in [0.1, 0.15) is 17.6 Å². The summed E-state index contributed by atoms with van der Waals surface area (Å²) < 4.78 is 41.4. The second-order valence-corrected chi connectivity index (χ2v) is 4.66. The van der Waals surface area contributed by atoms with Crippen LogP contribution in [0.1, 0.15) is 32.1 Å². The van der Waals surface area contributed by atoms with Crippen molar-refractivity contribution >= 4 is 0 Å². The van der Waals surface area contributed by atoms with E-state index < -0.39 is 11.6 Å². The molecular weight excluding hydrogens is 233 g/mol. The first-order valence-corrected chi connectivity index (χ1v) is 5.56. The molecule has 7 heteroatoms. The molecule has 0 bridgehead atoms. The molecule has 0 amide bonds. The lowest BCUT2D eigenvalue weighted by molar-refractivity contribution is -0.188. The second-order valence-electron chi connectivity index (χ2n) is 4.66. The Bertz CT molecular complexity index is 391. The van der Waals surface area contributed by atoms with E-state index in [-0.39, 0.29) is 24.8 Å². The summed E-state index contributed by atoms with van der Waals surface area (Å²) in [6, 6.07) is -0.0835. The molecule has 17 heavy (non-hydrogen) atoms. The lowest BCUT2D eigenvalue weighted by atomic mass is 9.85. The maximum Gasteiger partial charge on any atom is 0.402 e. The summed E-state index contributed by atoms with van der Waals surface area (Å²) in [6.07, 6.45) is -2.93. The quantitative estimate of drug-likeness (QED) is 0.865. The molecule has 1 aromatic heterocycles. The Kier molecular flexibility index (Phi) is 2.89. The average Bonchev–Trinajstić information content (AvgIpc) is 2.85. The molecule has 1 saturated heterocycles. The molecule has 4 nitrogen and oxygen atoms in total. The summed E-state index contributed by atoms with van der Waals surface area (Å²) >= 11 is 0. The van der Waals surface area contributed by atoms with Gasteiger partial charge in [-0.05, 0) is 26.8 Å². The van der Waals surface area contributed by atoms with Gasteiger partial charge in [0, 0.05) is 12.6 Å². The zero-order chi connectivity index (χ0) is 12.7. The molecule has 1 aliphatic rings. The van der Waals surface area contributed by atoms with Crippen molar-refractivity contribution in [2.45, 2.75) is 37.9 Å². The van der Waals surface area contributed by atoms with Gasteiger partial charge < -0.3 is 9.88 Å². The molecule has 1 N–H and O–H groups in total. The molecule has 1 aromatic rings. The van der Waals surface area contributed by atoms with Crippen molar-refractivity contribution in [1.82, 2.24) is 20.1 Å². The number of nitrogens with one attached hydrogen (secondary N) is 1. The number of alkyl halides is 3. The lowest BCUT2D eigenvalue weighted by Gasteiger charge is -2.30. The third-order valence-electron chi connectivity index (χ3n) is 3.26. The summed E-state index contributed by atoms with van der Waals surface area (Å²) in [7, 11) is 0. The number of halogens is 3. The molecule has 2 rings (SSSR count). The van der Waals surface area contributed by atoms with Crippen molar-refractivity contribution in [1.29, 1.82) is 0 Å². The molecule has 96 valence electrons. The maximum absolute atomic E-state index is 13.3. The SMILES string of the molecule is CC(C)n1cnnc1C1(C(F)(F)F)CCNC1. The molecule has 1 unspecified atom stereocenters. The Morgan fingerprint density at radius 3 is 2.65 bits per heavy atom. The van der Waals surface area contributed by atoms with Gasteiger partial charge in [0.15, 0.2) is 0 Å². The highest BCUT2D eigenvalue weighted by atomic mass is 19.4. The number of hydrogen-bond donors (Lipinski definition) is 1. The van der Waals surface area contributed by atoms with Crippen LogP contribution < -0.4 is 5.32 Å². The van der Waals surface area contributed by atoms with E-state index in [9.17, 15) is 13.2 Å². The van der Waals surface area contributed by atoms with Crippen LogP contribution in [0.15, 0.2) is 6.33 Å². The van der Waals surface area contributed by atoms with E-state index in [0.717, 1.165) is 0 Å². The van der Waals surface area contributed by atoms with Crippen LogP contribution in [0.2, 0.25) is 0 Å². The zero-order valence-electron chi connectivity index (χ0n) is 9.75. The fourth-order valence-electron chi connectivity index (χ4n) is 2.21. The predicted octanol–water partition coefficient (Wildman–Crippen LogP) is 1.65. The van der Waals surface area contributed by atoms with Gasteiger partial charge in [-0.15, -0.1) is 10.2 Å². The van der Waals surface area contributed by atoms with Gasteiger partial charge in [0.25, 0.3) is 0 Å². The van der Waals surface area contributed by atoms with Crippen molar-refractivity contribution in [3.8, 4) is 0 Å². The van der Waals surface area contributed by atoms with Gasteiger partial charge in [-0.3, -0.25) is 0 Å². The predicted molar refractivity (Wildman–Crippen MR) is 55.6 cm³/mol. The van der Waals surface area contributed by atoms with Crippen LogP contribution in [0, 0.1) is 0 Å². The molecule has 0 spiro atoms. The van der Waals surface area contributed by atoms with E-state index in [1.165, 1.54) is 10.9 Å². The van der Waals surface area contributed by atoms with Crippen molar-refractivity contribution in [3.63, 3.8) is 0 Å². The number of nitrogens with zero attached hydrogens (tertiary/aromatic N) is 3. The Labute approximate surface area is 97.2 Å². The average molecular weight is 248 g/mol. The fourth-order valence-corrected chi connectivity index (χ4v) is 2.21. The van der Waals surface area contributed by atoms with E-state index in [2.05, 4.69) is 15.5 Å². The summed E-state index contributed by atoms with van der Waals surface area (Å²) in [5.41, 5.74) is -1.90. The summed E-state index contributed by atoms with van der Waals surface area (Å²) in [5.74, 6) is 0.0185. The first-order valence-electron chi connectivity index (χ1n) is 5.56. The Morgan fingerprint density at radius 1 is 1.47 bits per heavy atom. The lowest BCUT2D eigenvalue weighted by Crippen LogP contribution is -2.46. The Balaban J connectivity index is 2.50. The van der Waals surface area contributed by atoms with Gasteiger partial charge in [0.2, 0.25) is 0 Å². The van der Waals surface area contributed by atoms with Crippen LogP contribution in [-0.4, -0.2) is 34.0 Å². The highest BCUT2D eigenvalue weighted by molar-refractivity contribution is 5.17. The summed E-state index contributed by atoms with van der Waals surface area (Å²) in [5, 5.41) is 10.1. The summed E-state index contributed by atoms with van der Waals surface area (Å²) in [4.78, 5) is 0. The van der Waals surface area contributed by atoms with Gasteiger partial charge in [-0.25, -0.2) is 0 Å². The molecule has 0 radical (unpaired) electrons. The van der Waals surface area contributed by atoms with Crippen molar-refractivity contribution in [3.05, 3.63) is 12.2 Å². The first kappa shape index (κ1) is 12.3. The largest absolute Gasteiger partial charge is 0.402 e. The fraction of sp³-hybridized carbons (Fsp3) is 0.800. The first-order chi connectivity index (χ1) is 7.88. The molecule has 0 aromatic carbocycles. The van der Waals surface area contributed by atoms with Gasteiger partial charge in [0.05, 0.1) is 0 Å². The van der Waals surface area contributed by atoms with Crippen LogP contribution in [0.4, 0.5) is 13.2 Å². The van der Waals surface area contributed by atoms with E-state index >= 15 is 0 Å². The van der Waals surface area contributed by atoms with E-state index in [4.69, 9.17) is 0 Å². The molecule has 0 saturated carbocycles.